The van der Waals surface area contributed by atoms with Crippen molar-refractivity contribution in [2.45, 2.75) is 25.7 Å². The number of carboxylic acids is 1. The fraction of sp³-hybridized carbons (Fsp3) is 0.929. The molecule has 1 N–H and O–H groups in total. The second-order valence-electron chi connectivity index (χ2n) is 5.73. The Morgan fingerprint density at radius 3 is 1.79 bits per heavy atom. The summed E-state index contributed by atoms with van der Waals surface area (Å²) < 4.78 is 0. The Kier molecular flexibility index (Phi) is 6.07. The van der Waals surface area contributed by atoms with Crippen LogP contribution >= 0.6 is 0 Å². The van der Waals surface area contributed by atoms with E-state index in [2.05, 4.69) is 14.7 Å². The van der Waals surface area contributed by atoms with Crippen molar-refractivity contribution >= 4 is 5.97 Å². The number of hydrogen-bond acceptors (Lipinski definition) is 4. The maximum Gasteiger partial charge on any atom is 0.304 e. The third-order valence-corrected chi connectivity index (χ3v) is 4.25. The van der Waals surface area contributed by atoms with Crippen LogP contribution in [-0.4, -0.2) is 84.7 Å². The summed E-state index contributed by atoms with van der Waals surface area (Å²) in [6.45, 7) is 9.96. The van der Waals surface area contributed by atoms with Crippen LogP contribution in [0.5, 0.6) is 0 Å². The lowest BCUT2D eigenvalue weighted by atomic mass is 10.3. The molecule has 2 aliphatic heterocycles. The Morgan fingerprint density at radius 2 is 1.21 bits per heavy atom. The molecule has 2 heterocycles. The average molecular weight is 269 g/mol. The van der Waals surface area contributed by atoms with Crippen LogP contribution in [-0.2, 0) is 4.79 Å². The average Bonchev–Trinajstić information content (AvgIpc) is 2.80. The summed E-state index contributed by atoms with van der Waals surface area (Å²) in [6.07, 6.45) is 4.17. The molecule has 0 atom stereocenters. The molecular weight excluding hydrogens is 242 g/mol. The normalized spacial score (nSPS) is 23.6. The lowest BCUT2D eigenvalue weighted by Gasteiger charge is -2.24. The molecule has 0 unspecified atom stereocenters. The van der Waals surface area contributed by atoms with Gasteiger partial charge in [-0.2, -0.15) is 0 Å². The highest BCUT2D eigenvalue weighted by atomic mass is 16.4. The van der Waals surface area contributed by atoms with Gasteiger partial charge in [0.05, 0.1) is 6.42 Å². The van der Waals surface area contributed by atoms with Crippen LogP contribution < -0.4 is 0 Å². The highest BCUT2D eigenvalue weighted by Gasteiger charge is 2.17. The van der Waals surface area contributed by atoms with E-state index in [4.69, 9.17) is 5.11 Å². The molecule has 0 aromatic heterocycles. The first-order valence-corrected chi connectivity index (χ1v) is 7.63. The SMILES string of the molecule is O=C(O)CCN1CCCN(CCN2CCCC2)CC1. The van der Waals surface area contributed by atoms with Crippen molar-refractivity contribution in [2.75, 3.05) is 58.9 Å². The summed E-state index contributed by atoms with van der Waals surface area (Å²) >= 11 is 0. The molecule has 0 aliphatic carbocycles. The van der Waals surface area contributed by atoms with E-state index in [0.29, 0.717) is 6.54 Å². The van der Waals surface area contributed by atoms with Gasteiger partial charge in [0.1, 0.15) is 0 Å². The molecule has 0 radical (unpaired) electrons. The first-order chi connectivity index (χ1) is 9.24. The first kappa shape index (κ1) is 14.8. The van der Waals surface area contributed by atoms with E-state index < -0.39 is 5.97 Å². The molecular formula is C14H27N3O2. The van der Waals surface area contributed by atoms with Crippen molar-refractivity contribution < 1.29 is 9.90 Å². The van der Waals surface area contributed by atoms with Gasteiger partial charge in [0.2, 0.25) is 0 Å². The van der Waals surface area contributed by atoms with Crippen LogP contribution in [0.4, 0.5) is 0 Å². The van der Waals surface area contributed by atoms with E-state index in [1.807, 2.05) is 0 Å². The molecule has 2 aliphatic rings. The van der Waals surface area contributed by atoms with E-state index in [1.54, 1.807) is 0 Å². The predicted octanol–water partition coefficient (Wildman–Crippen LogP) is 0.565. The molecule has 0 aromatic carbocycles. The van der Waals surface area contributed by atoms with Gasteiger partial charge in [0, 0.05) is 32.7 Å². The topological polar surface area (TPSA) is 47.0 Å². The van der Waals surface area contributed by atoms with Crippen LogP contribution in [0.25, 0.3) is 0 Å². The van der Waals surface area contributed by atoms with Crippen LogP contribution in [0.1, 0.15) is 25.7 Å². The molecule has 0 bridgehead atoms. The van der Waals surface area contributed by atoms with Gasteiger partial charge in [-0.05, 0) is 45.4 Å². The fourth-order valence-electron chi connectivity index (χ4n) is 3.01. The number of aliphatic carboxylic acids is 1. The van der Waals surface area contributed by atoms with Gasteiger partial charge in [-0.15, -0.1) is 0 Å². The minimum Gasteiger partial charge on any atom is -0.481 e. The molecule has 110 valence electrons. The third-order valence-electron chi connectivity index (χ3n) is 4.25. The van der Waals surface area contributed by atoms with Gasteiger partial charge in [0.25, 0.3) is 0 Å². The minimum atomic E-state index is -0.685. The molecule has 5 nitrogen and oxygen atoms in total. The molecule has 5 heteroatoms. The number of hydrogen-bond donors (Lipinski definition) is 1. The van der Waals surface area contributed by atoms with E-state index in [0.717, 1.165) is 26.2 Å². The van der Waals surface area contributed by atoms with Gasteiger partial charge in [-0.1, -0.05) is 0 Å². The zero-order chi connectivity index (χ0) is 13.5. The molecule has 0 amide bonds. The Labute approximate surface area is 116 Å². The second kappa shape index (κ2) is 7.82. The largest absolute Gasteiger partial charge is 0.481 e. The van der Waals surface area contributed by atoms with E-state index in [1.165, 1.54) is 45.4 Å². The van der Waals surface area contributed by atoms with Crippen molar-refractivity contribution in [3.63, 3.8) is 0 Å². The van der Waals surface area contributed by atoms with E-state index in [-0.39, 0.29) is 6.42 Å². The molecule has 19 heavy (non-hydrogen) atoms. The summed E-state index contributed by atoms with van der Waals surface area (Å²) in [7, 11) is 0. The van der Waals surface area contributed by atoms with E-state index in [9.17, 15) is 4.79 Å². The van der Waals surface area contributed by atoms with Crippen LogP contribution in [0.2, 0.25) is 0 Å². The zero-order valence-corrected chi connectivity index (χ0v) is 11.9. The predicted molar refractivity (Wildman–Crippen MR) is 75.4 cm³/mol. The summed E-state index contributed by atoms with van der Waals surface area (Å²) in [5.74, 6) is -0.685. The van der Waals surface area contributed by atoms with Crippen molar-refractivity contribution in [3.05, 3.63) is 0 Å². The molecule has 0 spiro atoms. The fourth-order valence-corrected chi connectivity index (χ4v) is 3.01. The van der Waals surface area contributed by atoms with Gasteiger partial charge in [-0.25, -0.2) is 0 Å². The van der Waals surface area contributed by atoms with Crippen molar-refractivity contribution in [1.82, 2.24) is 14.7 Å². The monoisotopic (exact) mass is 269 g/mol. The Balaban J connectivity index is 1.63. The summed E-state index contributed by atoms with van der Waals surface area (Å²) in [5.41, 5.74) is 0. The maximum atomic E-state index is 10.6. The standard InChI is InChI=1S/C14H27N3O2/c18-14(19)4-9-16-7-3-8-17(13-11-16)12-10-15-5-1-2-6-15/h1-13H2,(H,18,19). The molecule has 2 saturated heterocycles. The molecule has 2 fully saturated rings. The summed E-state index contributed by atoms with van der Waals surface area (Å²) in [5, 5.41) is 8.73. The number of likely N-dealkylation sites (tertiary alicyclic amines) is 1. The molecule has 0 aromatic rings. The zero-order valence-electron chi connectivity index (χ0n) is 11.9. The quantitative estimate of drug-likeness (QED) is 0.764. The third kappa shape index (κ3) is 5.47. The highest BCUT2D eigenvalue weighted by Crippen LogP contribution is 2.08. The number of carboxylic acid groups (broad SMARTS) is 1. The maximum absolute atomic E-state index is 10.6. The van der Waals surface area contributed by atoms with Crippen LogP contribution in [0.3, 0.4) is 0 Å². The number of rotatable bonds is 6. The lowest BCUT2D eigenvalue weighted by molar-refractivity contribution is -0.137. The Hall–Kier alpha value is -0.650. The van der Waals surface area contributed by atoms with Crippen molar-refractivity contribution in [2.24, 2.45) is 0 Å². The van der Waals surface area contributed by atoms with Gasteiger partial charge >= 0.3 is 5.97 Å². The van der Waals surface area contributed by atoms with Crippen molar-refractivity contribution in [3.8, 4) is 0 Å². The molecule has 0 saturated carbocycles. The van der Waals surface area contributed by atoms with Gasteiger partial charge in [-0.3, -0.25) is 4.79 Å². The first-order valence-electron chi connectivity index (χ1n) is 7.63. The van der Waals surface area contributed by atoms with Crippen LogP contribution in [0, 0.1) is 0 Å². The second-order valence-corrected chi connectivity index (χ2v) is 5.73. The number of nitrogens with zero attached hydrogens (tertiary/aromatic N) is 3. The van der Waals surface area contributed by atoms with Gasteiger partial charge in [0.15, 0.2) is 0 Å². The van der Waals surface area contributed by atoms with Crippen molar-refractivity contribution in [1.29, 1.82) is 0 Å². The molecule has 2 rings (SSSR count). The minimum absolute atomic E-state index is 0.272. The Morgan fingerprint density at radius 1 is 0.737 bits per heavy atom. The smallest absolute Gasteiger partial charge is 0.304 e. The van der Waals surface area contributed by atoms with Crippen LogP contribution in [0.15, 0.2) is 0 Å². The Bertz CT molecular complexity index is 280. The highest BCUT2D eigenvalue weighted by molar-refractivity contribution is 5.66. The lowest BCUT2D eigenvalue weighted by Crippen LogP contribution is -2.36. The van der Waals surface area contributed by atoms with E-state index >= 15 is 0 Å². The summed E-state index contributed by atoms with van der Waals surface area (Å²) in [6, 6.07) is 0. The number of carbonyl (C=O) groups is 1. The summed E-state index contributed by atoms with van der Waals surface area (Å²) in [4.78, 5) is 18.0. The van der Waals surface area contributed by atoms with Gasteiger partial charge < -0.3 is 19.8 Å².